The minimum absolute atomic E-state index is 0.115. The molecule has 6 heteroatoms. The van der Waals surface area contributed by atoms with Crippen molar-refractivity contribution in [3.63, 3.8) is 0 Å². The zero-order chi connectivity index (χ0) is 21.6. The van der Waals surface area contributed by atoms with Crippen molar-refractivity contribution in [3.8, 4) is 0 Å². The molecule has 0 saturated carbocycles. The number of carbonyl (C=O) groups is 2. The van der Waals surface area contributed by atoms with Crippen molar-refractivity contribution in [2.75, 3.05) is 19.7 Å². The summed E-state index contributed by atoms with van der Waals surface area (Å²) in [5, 5.41) is 0. The number of pyridine rings is 1. The number of aromatic amines is 1. The Morgan fingerprint density at radius 2 is 1.93 bits per heavy atom. The first-order chi connectivity index (χ1) is 14.4. The van der Waals surface area contributed by atoms with Gasteiger partial charge in [-0.05, 0) is 63.6 Å². The van der Waals surface area contributed by atoms with Crippen molar-refractivity contribution in [1.82, 2.24) is 9.88 Å². The average Bonchev–Trinajstić information content (AvgIpc) is 2.74. The molecule has 1 atom stereocenters. The van der Waals surface area contributed by atoms with E-state index in [0.717, 1.165) is 12.8 Å². The lowest BCUT2D eigenvalue weighted by atomic mass is 9.75. The Morgan fingerprint density at radius 3 is 2.63 bits per heavy atom. The molecule has 1 aromatic carbocycles. The van der Waals surface area contributed by atoms with Gasteiger partial charge in [0.15, 0.2) is 0 Å². The molecule has 2 heterocycles. The number of rotatable bonds is 7. The summed E-state index contributed by atoms with van der Waals surface area (Å²) < 4.78 is 5.42. The van der Waals surface area contributed by atoms with Gasteiger partial charge in [0, 0.05) is 18.8 Å². The minimum Gasteiger partial charge on any atom is -0.466 e. The molecule has 1 aliphatic heterocycles. The van der Waals surface area contributed by atoms with E-state index in [1.54, 1.807) is 30.9 Å². The predicted molar refractivity (Wildman–Crippen MR) is 115 cm³/mol. The summed E-state index contributed by atoms with van der Waals surface area (Å²) in [6.45, 7) is 4.70. The molecule has 0 spiro atoms. The lowest BCUT2D eigenvalue weighted by Crippen LogP contribution is -2.51. The Hall–Kier alpha value is -2.89. The van der Waals surface area contributed by atoms with E-state index in [1.807, 2.05) is 18.2 Å². The molecule has 0 radical (unpaired) electrons. The number of aryl methyl sites for hydroxylation is 2. The van der Waals surface area contributed by atoms with Gasteiger partial charge in [0.1, 0.15) is 5.56 Å². The number of hydrogen-bond donors (Lipinski definition) is 1. The molecule has 1 saturated heterocycles. The van der Waals surface area contributed by atoms with Crippen molar-refractivity contribution < 1.29 is 14.3 Å². The maximum Gasteiger partial charge on any atom is 0.313 e. The summed E-state index contributed by atoms with van der Waals surface area (Å²) in [5.41, 5.74) is 0.931. The number of nitrogens with zero attached hydrogens (tertiary/aromatic N) is 1. The van der Waals surface area contributed by atoms with Crippen LogP contribution >= 0.6 is 0 Å². The van der Waals surface area contributed by atoms with Crippen molar-refractivity contribution in [3.05, 3.63) is 69.6 Å². The van der Waals surface area contributed by atoms with E-state index in [0.29, 0.717) is 38.1 Å². The van der Waals surface area contributed by atoms with Crippen LogP contribution in [0.2, 0.25) is 0 Å². The Bertz CT molecular complexity index is 938. The van der Waals surface area contributed by atoms with Crippen molar-refractivity contribution in [1.29, 1.82) is 0 Å². The number of H-pyrrole nitrogens is 1. The average molecular weight is 411 g/mol. The van der Waals surface area contributed by atoms with Crippen LogP contribution in [-0.2, 0) is 16.0 Å². The second kappa shape index (κ2) is 9.74. The topological polar surface area (TPSA) is 79.5 Å². The Labute approximate surface area is 177 Å². The smallest absolute Gasteiger partial charge is 0.313 e. The minimum atomic E-state index is -0.726. The normalized spacial score (nSPS) is 18.8. The molecule has 6 nitrogen and oxygen atoms in total. The van der Waals surface area contributed by atoms with Gasteiger partial charge in [-0.2, -0.15) is 0 Å². The number of carbonyl (C=O) groups excluding carboxylic acids is 2. The summed E-state index contributed by atoms with van der Waals surface area (Å²) in [6, 6.07) is 13.5. The monoisotopic (exact) mass is 410 g/mol. The van der Waals surface area contributed by atoms with E-state index < -0.39 is 11.0 Å². The standard InChI is InChI=1S/C24H30N2O4/c1-3-30-23(29)24(14-7-11-19-9-5-4-6-10-19)15-8-16-26(17-24)22(28)20-13-12-18(2)25-21(20)27/h4-6,9-10,12-13H,3,7-8,11,14-17H2,1-2H3,(H,25,27)/t24-/m0/s1. The third kappa shape index (κ3) is 4.99. The van der Waals surface area contributed by atoms with Crippen LogP contribution in [0.15, 0.2) is 47.3 Å². The molecule has 30 heavy (non-hydrogen) atoms. The van der Waals surface area contributed by atoms with Crippen LogP contribution in [0, 0.1) is 12.3 Å². The number of ether oxygens (including phenoxy) is 1. The number of esters is 1. The summed E-state index contributed by atoms with van der Waals surface area (Å²) >= 11 is 0. The van der Waals surface area contributed by atoms with Gasteiger partial charge in [-0.1, -0.05) is 30.3 Å². The van der Waals surface area contributed by atoms with Crippen molar-refractivity contribution >= 4 is 11.9 Å². The molecule has 0 aliphatic carbocycles. The maximum atomic E-state index is 13.0. The third-order valence-corrected chi connectivity index (χ3v) is 5.82. The number of benzene rings is 1. The highest BCUT2D eigenvalue weighted by Gasteiger charge is 2.44. The molecule has 1 aromatic heterocycles. The molecule has 1 aliphatic rings. The highest BCUT2D eigenvalue weighted by atomic mass is 16.5. The van der Waals surface area contributed by atoms with Gasteiger partial charge in [0.25, 0.3) is 11.5 Å². The van der Waals surface area contributed by atoms with E-state index in [-0.39, 0.29) is 24.0 Å². The van der Waals surface area contributed by atoms with Crippen LogP contribution in [0.3, 0.4) is 0 Å². The first kappa shape index (κ1) is 21.8. The summed E-state index contributed by atoms with van der Waals surface area (Å²) in [4.78, 5) is 42.6. The molecule has 2 aromatic rings. The van der Waals surface area contributed by atoms with Crippen molar-refractivity contribution in [2.24, 2.45) is 5.41 Å². The van der Waals surface area contributed by atoms with Crippen LogP contribution < -0.4 is 5.56 Å². The Balaban J connectivity index is 1.77. The number of hydrogen-bond acceptors (Lipinski definition) is 4. The Morgan fingerprint density at radius 1 is 1.17 bits per heavy atom. The SMILES string of the molecule is CCOC(=O)[C@@]1(CCCc2ccccc2)CCCN(C(=O)c2ccc(C)[nH]c2=O)C1. The number of piperidine rings is 1. The fourth-order valence-corrected chi connectivity index (χ4v) is 4.25. The molecule has 3 rings (SSSR count). The lowest BCUT2D eigenvalue weighted by Gasteiger charge is -2.41. The summed E-state index contributed by atoms with van der Waals surface area (Å²) in [5.74, 6) is -0.568. The van der Waals surface area contributed by atoms with E-state index in [9.17, 15) is 14.4 Å². The van der Waals surface area contributed by atoms with E-state index in [1.165, 1.54) is 5.56 Å². The van der Waals surface area contributed by atoms with Gasteiger partial charge >= 0.3 is 5.97 Å². The molecule has 160 valence electrons. The lowest BCUT2D eigenvalue weighted by molar-refractivity contribution is -0.159. The van der Waals surface area contributed by atoms with E-state index in [2.05, 4.69) is 17.1 Å². The van der Waals surface area contributed by atoms with Crippen LogP contribution in [-0.4, -0.2) is 41.5 Å². The maximum absolute atomic E-state index is 13.0. The van der Waals surface area contributed by atoms with Gasteiger partial charge in [-0.25, -0.2) is 0 Å². The fraction of sp³-hybridized carbons (Fsp3) is 0.458. The molecular formula is C24H30N2O4. The predicted octanol–water partition coefficient (Wildman–Crippen LogP) is 3.49. The van der Waals surface area contributed by atoms with Gasteiger partial charge in [-0.15, -0.1) is 0 Å². The van der Waals surface area contributed by atoms with E-state index in [4.69, 9.17) is 4.74 Å². The molecule has 1 amide bonds. The summed E-state index contributed by atoms with van der Waals surface area (Å²) in [7, 11) is 0. The van der Waals surface area contributed by atoms with Crippen LogP contribution in [0.1, 0.15) is 54.2 Å². The third-order valence-electron chi connectivity index (χ3n) is 5.82. The summed E-state index contributed by atoms with van der Waals surface area (Å²) in [6.07, 6.45) is 3.74. The first-order valence-corrected chi connectivity index (χ1v) is 10.7. The van der Waals surface area contributed by atoms with Crippen LogP contribution in [0.4, 0.5) is 0 Å². The van der Waals surface area contributed by atoms with Gasteiger partial charge in [0.05, 0.1) is 12.0 Å². The molecule has 0 unspecified atom stereocenters. The first-order valence-electron chi connectivity index (χ1n) is 10.7. The van der Waals surface area contributed by atoms with Gasteiger partial charge in [0.2, 0.25) is 0 Å². The van der Waals surface area contributed by atoms with Gasteiger partial charge in [-0.3, -0.25) is 14.4 Å². The zero-order valence-corrected chi connectivity index (χ0v) is 17.8. The zero-order valence-electron chi connectivity index (χ0n) is 17.8. The number of likely N-dealkylation sites (tertiary alicyclic amines) is 1. The van der Waals surface area contributed by atoms with Gasteiger partial charge < -0.3 is 14.6 Å². The second-order valence-electron chi connectivity index (χ2n) is 8.05. The number of nitrogens with one attached hydrogen (secondary N) is 1. The highest BCUT2D eigenvalue weighted by molar-refractivity contribution is 5.94. The highest BCUT2D eigenvalue weighted by Crippen LogP contribution is 2.37. The molecule has 1 N–H and O–H groups in total. The molecule has 0 bridgehead atoms. The molecular weight excluding hydrogens is 380 g/mol. The molecule has 1 fully saturated rings. The number of aromatic nitrogens is 1. The van der Waals surface area contributed by atoms with Crippen molar-refractivity contribution in [2.45, 2.75) is 46.0 Å². The number of amides is 1. The quantitative estimate of drug-likeness (QED) is 0.709. The van der Waals surface area contributed by atoms with Crippen LogP contribution in [0.25, 0.3) is 0 Å². The van der Waals surface area contributed by atoms with Crippen LogP contribution in [0.5, 0.6) is 0 Å². The fourth-order valence-electron chi connectivity index (χ4n) is 4.25. The largest absolute Gasteiger partial charge is 0.466 e. The van der Waals surface area contributed by atoms with E-state index >= 15 is 0 Å². The Kier molecular flexibility index (Phi) is 7.08. The second-order valence-corrected chi connectivity index (χ2v) is 8.05.